The summed E-state index contributed by atoms with van der Waals surface area (Å²) in [5.41, 5.74) is 6.15. The Morgan fingerprint density at radius 2 is 1.92 bits per heavy atom. The van der Waals surface area contributed by atoms with Gasteiger partial charge in [-0.05, 0) is 31.4 Å². The number of carbonyl (C=O) groups is 2. The van der Waals surface area contributed by atoms with E-state index >= 15 is 0 Å². The number of amides is 2. The van der Waals surface area contributed by atoms with Crippen molar-refractivity contribution in [2.24, 2.45) is 5.73 Å². The van der Waals surface area contributed by atoms with Crippen LogP contribution in [0.25, 0.3) is 0 Å². The molecule has 7 nitrogen and oxygen atoms in total. The van der Waals surface area contributed by atoms with Crippen molar-refractivity contribution in [1.82, 2.24) is 10.2 Å². The lowest BCUT2D eigenvalue weighted by atomic mass is 10.00. The van der Waals surface area contributed by atoms with Crippen molar-refractivity contribution in [3.8, 4) is 11.5 Å². The number of methoxy groups -OCH3 is 2. The van der Waals surface area contributed by atoms with Crippen molar-refractivity contribution in [2.75, 3.05) is 33.9 Å². The average Bonchev–Trinajstić information content (AvgIpc) is 2.67. The van der Waals surface area contributed by atoms with Crippen LogP contribution in [0.2, 0.25) is 0 Å². The minimum absolute atomic E-state index is 0.0127. The second-order valence-corrected chi connectivity index (χ2v) is 6.40. The molecule has 0 radical (unpaired) electrons. The quantitative estimate of drug-likeness (QED) is 0.721. The predicted molar refractivity (Wildman–Crippen MR) is 99.3 cm³/mol. The van der Waals surface area contributed by atoms with Crippen LogP contribution in [0.1, 0.15) is 31.2 Å². The lowest BCUT2D eigenvalue weighted by molar-refractivity contribution is -0.134. The van der Waals surface area contributed by atoms with E-state index in [0.29, 0.717) is 37.6 Å². The van der Waals surface area contributed by atoms with Crippen LogP contribution < -0.4 is 20.5 Å². The van der Waals surface area contributed by atoms with Gasteiger partial charge in [0.05, 0.1) is 20.6 Å². The van der Waals surface area contributed by atoms with Crippen molar-refractivity contribution in [3.63, 3.8) is 0 Å². The van der Waals surface area contributed by atoms with Crippen molar-refractivity contribution in [2.45, 2.75) is 38.1 Å². The van der Waals surface area contributed by atoms with Gasteiger partial charge in [-0.2, -0.15) is 0 Å². The number of rotatable bonds is 8. The van der Waals surface area contributed by atoms with E-state index in [-0.39, 0.29) is 24.3 Å². The highest BCUT2D eigenvalue weighted by atomic mass is 16.5. The molecule has 1 heterocycles. The van der Waals surface area contributed by atoms with E-state index in [2.05, 4.69) is 5.32 Å². The van der Waals surface area contributed by atoms with Crippen LogP contribution in [0, 0.1) is 0 Å². The molecule has 0 saturated carbocycles. The van der Waals surface area contributed by atoms with E-state index in [1.54, 1.807) is 14.2 Å². The first-order valence-corrected chi connectivity index (χ1v) is 9.06. The number of carbonyl (C=O) groups excluding carboxylic acids is 2. The monoisotopic (exact) mass is 363 g/mol. The Morgan fingerprint density at radius 3 is 2.54 bits per heavy atom. The Labute approximate surface area is 154 Å². The molecule has 7 heteroatoms. The lowest BCUT2D eigenvalue weighted by Gasteiger charge is -2.36. The maximum absolute atomic E-state index is 13.0. The van der Waals surface area contributed by atoms with Crippen LogP contribution in [-0.2, 0) is 16.0 Å². The Balaban J connectivity index is 2.08. The second-order valence-electron chi connectivity index (χ2n) is 6.40. The van der Waals surface area contributed by atoms with Crippen LogP contribution in [0.5, 0.6) is 11.5 Å². The standard InChI is InChI=1S/C19H29N3O4/c1-25-16-7-5-8-17(26-2)15(16)12-19(24)22-11-4-3-6-14(22)13-21-18(23)9-10-20/h5,7-8,14H,3-4,6,9-13,20H2,1-2H3,(H,21,23). The molecule has 1 atom stereocenters. The smallest absolute Gasteiger partial charge is 0.227 e. The fourth-order valence-electron chi connectivity index (χ4n) is 3.35. The van der Waals surface area contributed by atoms with Crippen LogP contribution >= 0.6 is 0 Å². The summed E-state index contributed by atoms with van der Waals surface area (Å²) in [6.45, 7) is 1.49. The number of benzene rings is 1. The predicted octanol–water partition coefficient (Wildman–Crippen LogP) is 1.09. The summed E-state index contributed by atoms with van der Waals surface area (Å²) in [7, 11) is 3.17. The summed E-state index contributed by atoms with van der Waals surface area (Å²) in [5.74, 6) is 1.23. The number of hydrogen-bond acceptors (Lipinski definition) is 5. The first kappa shape index (κ1) is 20.0. The molecule has 0 bridgehead atoms. The molecule has 2 rings (SSSR count). The summed E-state index contributed by atoms with van der Waals surface area (Å²) in [4.78, 5) is 26.5. The summed E-state index contributed by atoms with van der Waals surface area (Å²) in [5, 5.41) is 2.88. The first-order valence-electron chi connectivity index (χ1n) is 9.06. The molecular weight excluding hydrogens is 334 g/mol. The maximum atomic E-state index is 13.0. The topological polar surface area (TPSA) is 93.9 Å². The normalized spacial score (nSPS) is 16.9. The molecule has 2 amide bonds. The van der Waals surface area contributed by atoms with E-state index in [0.717, 1.165) is 24.8 Å². The molecule has 1 aromatic carbocycles. The van der Waals surface area contributed by atoms with Gasteiger partial charge in [-0.25, -0.2) is 0 Å². The zero-order valence-electron chi connectivity index (χ0n) is 15.6. The first-order chi connectivity index (χ1) is 12.6. The zero-order chi connectivity index (χ0) is 18.9. The average molecular weight is 363 g/mol. The number of hydrogen-bond donors (Lipinski definition) is 2. The van der Waals surface area contributed by atoms with Gasteiger partial charge in [0.15, 0.2) is 0 Å². The van der Waals surface area contributed by atoms with Gasteiger partial charge in [-0.3, -0.25) is 9.59 Å². The number of piperidine rings is 1. The van der Waals surface area contributed by atoms with Crippen LogP contribution in [-0.4, -0.2) is 56.6 Å². The van der Waals surface area contributed by atoms with Gasteiger partial charge in [0.2, 0.25) is 11.8 Å². The molecule has 1 saturated heterocycles. The summed E-state index contributed by atoms with van der Waals surface area (Å²) >= 11 is 0. The molecule has 26 heavy (non-hydrogen) atoms. The molecule has 1 unspecified atom stereocenters. The molecule has 1 aliphatic rings. The number of likely N-dealkylation sites (tertiary alicyclic amines) is 1. The van der Waals surface area contributed by atoms with Gasteiger partial charge < -0.3 is 25.4 Å². The summed E-state index contributed by atoms with van der Waals surface area (Å²) < 4.78 is 10.8. The van der Waals surface area contributed by atoms with E-state index in [9.17, 15) is 9.59 Å². The van der Waals surface area contributed by atoms with Crippen molar-refractivity contribution >= 4 is 11.8 Å². The number of ether oxygens (including phenoxy) is 2. The third-order valence-electron chi connectivity index (χ3n) is 4.71. The van der Waals surface area contributed by atoms with Gasteiger partial charge in [0.1, 0.15) is 11.5 Å². The lowest BCUT2D eigenvalue weighted by Crippen LogP contribution is -2.50. The summed E-state index contributed by atoms with van der Waals surface area (Å²) in [6.07, 6.45) is 3.43. The highest BCUT2D eigenvalue weighted by Crippen LogP contribution is 2.30. The van der Waals surface area contributed by atoms with Gasteiger partial charge in [0.25, 0.3) is 0 Å². The Bertz CT molecular complexity index is 599. The highest BCUT2D eigenvalue weighted by molar-refractivity contribution is 5.81. The number of nitrogens with one attached hydrogen (secondary N) is 1. The van der Waals surface area contributed by atoms with Crippen LogP contribution in [0.3, 0.4) is 0 Å². The third kappa shape index (κ3) is 5.11. The number of nitrogens with zero attached hydrogens (tertiary/aromatic N) is 1. The van der Waals surface area contributed by atoms with Crippen LogP contribution in [0.15, 0.2) is 18.2 Å². The fraction of sp³-hybridized carbons (Fsp3) is 0.579. The Morgan fingerprint density at radius 1 is 1.23 bits per heavy atom. The van der Waals surface area contributed by atoms with Crippen LogP contribution in [0.4, 0.5) is 0 Å². The molecule has 1 aromatic rings. The molecule has 0 spiro atoms. The molecule has 3 N–H and O–H groups in total. The van der Waals surface area contributed by atoms with Crippen molar-refractivity contribution in [1.29, 1.82) is 0 Å². The molecule has 1 aliphatic heterocycles. The zero-order valence-corrected chi connectivity index (χ0v) is 15.6. The molecule has 0 aliphatic carbocycles. The molecule has 0 aromatic heterocycles. The fourth-order valence-corrected chi connectivity index (χ4v) is 3.35. The largest absolute Gasteiger partial charge is 0.496 e. The SMILES string of the molecule is COc1cccc(OC)c1CC(=O)N1CCCCC1CNC(=O)CCN. The highest BCUT2D eigenvalue weighted by Gasteiger charge is 2.28. The Hall–Kier alpha value is -2.28. The van der Waals surface area contributed by atoms with Gasteiger partial charge in [0, 0.05) is 37.7 Å². The van der Waals surface area contributed by atoms with Gasteiger partial charge >= 0.3 is 0 Å². The minimum Gasteiger partial charge on any atom is -0.496 e. The van der Waals surface area contributed by atoms with Crippen molar-refractivity contribution in [3.05, 3.63) is 23.8 Å². The van der Waals surface area contributed by atoms with E-state index < -0.39 is 0 Å². The maximum Gasteiger partial charge on any atom is 0.227 e. The van der Waals surface area contributed by atoms with Gasteiger partial charge in [-0.15, -0.1) is 0 Å². The summed E-state index contributed by atoms with van der Waals surface area (Å²) in [6, 6.07) is 5.50. The number of nitrogens with two attached hydrogens (primary N) is 1. The van der Waals surface area contributed by atoms with Gasteiger partial charge in [-0.1, -0.05) is 6.07 Å². The third-order valence-corrected chi connectivity index (χ3v) is 4.71. The Kier molecular flexibility index (Phi) is 7.72. The van der Waals surface area contributed by atoms with E-state index in [1.807, 2.05) is 23.1 Å². The second kappa shape index (κ2) is 10.0. The van der Waals surface area contributed by atoms with E-state index in [1.165, 1.54) is 0 Å². The molecule has 1 fully saturated rings. The van der Waals surface area contributed by atoms with E-state index in [4.69, 9.17) is 15.2 Å². The minimum atomic E-state index is -0.0723. The molecular formula is C19H29N3O4. The molecule has 144 valence electrons. The van der Waals surface area contributed by atoms with Crippen molar-refractivity contribution < 1.29 is 19.1 Å².